The van der Waals surface area contributed by atoms with Crippen molar-refractivity contribution in [2.45, 2.75) is 125 Å². The smallest absolute Gasteiger partial charge is 0.408 e. The predicted molar refractivity (Wildman–Crippen MR) is 205 cm³/mol. The normalized spacial score (nSPS) is 32.2. The molecule has 3 heterocycles. The van der Waals surface area contributed by atoms with Crippen molar-refractivity contribution in [3.8, 4) is 5.75 Å². The van der Waals surface area contributed by atoms with Crippen LogP contribution in [0.3, 0.4) is 0 Å². The van der Waals surface area contributed by atoms with Crippen molar-refractivity contribution in [2.75, 3.05) is 6.54 Å². The number of hydrogen-bond donors (Lipinski definition) is 3. The molecule has 2 aromatic rings. The quantitative estimate of drug-likeness (QED) is 0.331. The van der Waals surface area contributed by atoms with Crippen LogP contribution in [-0.2, 0) is 29.1 Å². The minimum absolute atomic E-state index is 0.0394. The van der Waals surface area contributed by atoms with Crippen LogP contribution in [0.25, 0.3) is 17.0 Å². The molecule has 5 fully saturated rings. The number of rotatable bonds is 7. The Morgan fingerprint density at radius 1 is 0.982 bits per heavy atom. The molecule has 2 bridgehead atoms. The number of ether oxygens (including phenoxy) is 2. The molecule has 7 atom stereocenters. The summed E-state index contributed by atoms with van der Waals surface area (Å²) in [6.45, 7) is 3.85. The fourth-order valence-corrected chi connectivity index (χ4v) is 10.6. The number of allylic oxidation sites excluding steroid dienone is 1. The first-order valence-corrected chi connectivity index (χ1v) is 21.6. The van der Waals surface area contributed by atoms with Crippen molar-refractivity contribution in [3.63, 3.8) is 0 Å². The highest BCUT2D eigenvalue weighted by atomic mass is 32.2. The average Bonchev–Trinajstić information content (AvgIpc) is 3.95. The average molecular weight is 774 g/mol. The van der Waals surface area contributed by atoms with Gasteiger partial charge in [0.05, 0.1) is 17.3 Å². The molecule has 3 N–H and O–H groups in total. The maximum Gasteiger partial charge on any atom is 0.408 e. The number of aromatic nitrogens is 1. The summed E-state index contributed by atoms with van der Waals surface area (Å²) >= 11 is 0. The van der Waals surface area contributed by atoms with Gasteiger partial charge in [0.2, 0.25) is 21.8 Å². The second-order valence-corrected chi connectivity index (χ2v) is 18.3. The number of hydrogen-bond acceptors (Lipinski definition) is 9. The molecular weight excluding hydrogens is 723 g/mol. The molecule has 1 aromatic carbocycles. The molecule has 14 heteroatoms. The summed E-state index contributed by atoms with van der Waals surface area (Å²) in [6.07, 6.45) is 14.0. The zero-order valence-corrected chi connectivity index (χ0v) is 31.9. The van der Waals surface area contributed by atoms with Gasteiger partial charge in [-0.1, -0.05) is 43.2 Å². The van der Waals surface area contributed by atoms with Gasteiger partial charge in [-0.25, -0.2) is 18.2 Å². The molecule has 55 heavy (non-hydrogen) atoms. The Kier molecular flexibility index (Phi) is 10.4. The lowest BCUT2D eigenvalue weighted by Crippen LogP contribution is -2.59. The lowest BCUT2D eigenvalue weighted by molar-refractivity contribution is -0.142. The molecule has 4 amide bonds. The highest BCUT2D eigenvalue weighted by molar-refractivity contribution is 7.91. The highest BCUT2D eigenvalue weighted by Gasteiger charge is 2.62. The van der Waals surface area contributed by atoms with E-state index in [4.69, 9.17) is 14.5 Å². The summed E-state index contributed by atoms with van der Waals surface area (Å²) in [6, 6.07) is 7.69. The summed E-state index contributed by atoms with van der Waals surface area (Å²) in [5, 5.41) is 6.07. The van der Waals surface area contributed by atoms with E-state index < -0.39 is 68.7 Å². The number of sulfonamides is 1. The number of alkyl carbamates (subject to hydrolysis) is 1. The van der Waals surface area contributed by atoms with Crippen LogP contribution < -0.4 is 20.1 Å². The molecule has 0 spiro atoms. The first-order valence-electron chi connectivity index (χ1n) is 20.1. The van der Waals surface area contributed by atoms with Crippen molar-refractivity contribution in [1.29, 1.82) is 0 Å². The van der Waals surface area contributed by atoms with Gasteiger partial charge in [0.25, 0.3) is 5.91 Å². The van der Waals surface area contributed by atoms with Crippen molar-refractivity contribution in [2.24, 2.45) is 17.8 Å². The second kappa shape index (κ2) is 15.2. The van der Waals surface area contributed by atoms with E-state index in [1.165, 1.54) is 11.0 Å². The van der Waals surface area contributed by atoms with E-state index in [1.54, 1.807) is 0 Å². The van der Waals surface area contributed by atoms with Crippen LogP contribution in [0.4, 0.5) is 4.79 Å². The lowest BCUT2D eigenvalue weighted by Gasteiger charge is -2.32. The standard InChI is InChI=1S/C41H51N5O8S/c1-2-28-23-41(28,39(49)45-55(51,52)30-19-20-30)44-37(47)33-22-29-24-46(33)38(48)36(26-12-6-7-13-26)43-40(50)54-34-18-10-15-25(34)11-4-3-5-17-32-35(53-29)21-27-14-8-9-16-31(27)42-32/h2,5,8-9,14,16-17,21,25-26,28-30,33-34,36H,1,3-4,6-7,10-13,15,18-20,22-24H2,(H,43,50)(H,44,47)(H,45,49)/b17-5+/t25-,28-,29-,33+,34-,36+,41-/m1/s1. The van der Waals surface area contributed by atoms with Crippen molar-refractivity contribution in [1.82, 2.24) is 25.2 Å². The summed E-state index contributed by atoms with van der Waals surface area (Å²) in [5.41, 5.74) is -0.0687. The fourth-order valence-electron chi connectivity index (χ4n) is 9.23. The minimum atomic E-state index is -3.88. The van der Waals surface area contributed by atoms with Gasteiger partial charge in [0, 0.05) is 17.7 Å². The number of fused-ring (bicyclic) bond motifs is 5. The third-order valence-corrected chi connectivity index (χ3v) is 14.4. The number of carbonyl (C=O) groups is 4. The Labute approximate surface area is 322 Å². The SMILES string of the molecule is C=C[C@@H]1C[C@]1(NC(=O)[C@@H]1C[C@@H]2CN1C(=O)[C@H](C1CCCC1)NC(=O)O[C@@H]1CCC[C@H]1CCC/C=C/c1nc3ccccc3cc1O2)C(=O)NS(=O)(=O)C1CC1. The lowest BCUT2D eigenvalue weighted by atomic mass is 9.96. The van der Waals surface area contributed by atoms with E-state index in [1.807, 2.05) is 36.4 Å². The highest BCUT2D eigenvalue weighted by Crippen LogP contribution is 2.46. The maximum atomic E-state index is 14.8. The Hall–Kier alpha value is -4.46. The predicted octanol–water partition coefficient (Wildman–Crippen LogP) is 4.90. The molecule has 0 radical (unpaired) electrons. The molecule has 0 unspecified atom stereocenters. The van der Waals surface area contributed by atoms with E-state index >= 15 is 0 Å². The number of pyridine rings is 1. The third kappa shape index (κ3) is 7.84. The van der Waals surface area contributed by atoms with E-state index in [2.05, 4.69) is 28.0 Å². The van der Waals surface area contributed by atoms with Crippen LogP contribution in [0.2, 0.25) is 0 Å². The molecule has 2 aliphatic heterocycles. The van der Waals surface area contributed by atoms with Crippen LogP contribution in [0, 0.1) is 17.8 Å². The topological polar surface area (TPSA) is 173 Å². The number of carbonyl (C=O) groups excluding carboxylic acids is 4. The van der Waals surface area contributed by atoms with E-state index in [0.29, 0.717) is 24.3 Å². The van der Waals surface area contributed by atoms with Crippen LogP contribution in [0.15, 0.2) is 49.1 Å². The second-order valence-electron chi connectivity index (χ2n) is 16.4. The third-order valence-electron chi connectivity index (χ3n) is 12.6. The van der Waals surface area contributed by atoms with Crippen molar-refractivity contribution >= 4 is 50.8 Å². The van der Waals surface area contributed by atoms with Gasteiger partial charge in [-0.3, -0.25) is 19.1 Å². The zero-order chi connectivity index (χ0) is 38.3. The van der Waals surface area contributed by atoms with Gasteiger partial charge in [-0.2, -0.15) is 0 Å². The van der Waals surface area contributed by atoms with Crippen LogP contribution in [0.5, 0.6) is 5.75 Å². The number of nitrogens with zero attached hydrogens (tertiary/aromatic N) is 2. The molecular formula is C41H51N5O8S. The zero-order valence-electron chi connectivity index (χ0n) is 31.1. The molecule has 1 saturated heterocycles. The number of benzene rings is 1. The maximum absolute atomic E-state index is 14.8. The Bertz CT molecular complexity index is 1990. The number of nitrogens with one attached hydrogen (secondary N) is 3. The molecule has 13 nitrogen and oxygen atoms in total. The first kappa shape index (κ1) is 37.5. The van der Waals surface area contributed by atoms with E-state index in [0.717, 1.165) is 75.1 Å². The largest absolute Gasteiger partial charge is 0.486 e. The van der Waals surface area contributed by atoms with Crippen molar-refractivity contribution in [3.05, 3.63) is 54.8 Å². The molecule has 4 saturated carbocycles. The summed E-state index contributed by atoms with van der Waals surface area (Å²) < 4.78 is 40.4. The molecule has 8 rings (SSSR count). The van der Waals surface area contributed by atoms with E-state index in [-0.39, 0.29) is 37.3 Å². The van der Waals surface area contributed by atoms with Crippen LogP contribution in [-0.4, -0.2) is 83.7 Å². The Morgan fingerprint density at radius 2 is 1.75 bits per heavy atom. The Morgan fingerprint density at radius 3 is 2.51 bits per heavy atom. The van der Waals surface area contributed by atoms with Crippen molar-refractivity contribution < 1.29 is 37.1 Å². The molecule has 4 aliphatic carbocycles. The number of amides is 4. The van der Waals surface area contributed by atoms with Gasteiger partial charge in [-0.05, 0) is 101 Å². The van der Waals surface area contributed by atoms with Gasteiger partial charge in [0.15, 0.2) is 0 Å². The minimum Gasteiger partial charge on any atom is -0.486 e. The molecule has 294 valence electrons. The fraction of sp³-hybridized carbons (Fsp3) is 0.585. The van der Waals surface area contributed by atoms with Crippen LogP contribution in [0.1, 0.15) is 95.6 Å². The molecule has 1 aromatic heterocycles. The van der Waals surface area contributed by atoms with Gasteiger partial charge in [-0.15, -0.1) is 6.58 Å². The summed E-state index contributed by atoms with van der Waals surface area (Å²) in [7, 11) is -3.88. The van der Waals surface area contributed by atoms with Crippen LogP contribution >= 0.6 is 0 Å². The first-order chi connectivity index (χ1) is 26.5. The van der Waals surface area contributed by atoms with Gasteiger partial charge < -0.3 is 25.0 Å². The van der Waals surface area contributed by atoms with E-state index in [9.17, 15) is 27.6 Å². The summed E-state index contributed by atoms with van der Waals surface area (Å²) in [5.74, 6) is -1.71. The molecule has 6 aliphatic rings. The summed E-state index contributed by atoms with van der Waals surface area (Å²) in [4.78, 5) is 62.8. The van der Waals surface area contributed by atoms with Gasteiger partial charge in [0.1, 0.15) is 41.3 Å². The monoisotopic (exact) mass is 773 g/mol. The Balaban J connectivity index is 1.13. The van der Waals surface area contributed by atoms with Gasteiger partial charge >= 0.3 is 6.09 Å². The number of para-hydroxylation sites is 1.